The van der Waals surface area contributed by atoms with Crippen molar-refractivity contribution in [3.63, 3.8) is 0 Å². The van der Waals surface area contributed by atoms with Crippen molar-refractivity contribution in [1.29, 1.82) is 0 Å². The van der Waals surface area contributed by atoms with Crippen LogP contribution in [0, 0.1) is 0 Å². The predicted molar refractivity (Wildman–Crippen MR) is 80.6 cm³/mol. The monoisotopic (exact) mass is 308 g/mol. The summed E-state index contributed by atoms with van der Waals surface area (Å²) in [5.41, 5.74) is -0.0584. The minimum atomic E-state index is -0.402. The average Bonchev–Trinajstić information content (AvgIpc) is 2.93. The van der Waals surface area contributed by atoms with E-state index in [1.807, 2.05) is 6.20 Å². The number of hydrogen-bond donors (Lipinski definition) is 2. The van der Waals surface area contributed by atoms with E-state index in [0.717, 1.165) is 25.2 Å². The summed E-state index contributed by atoms with van der Waals surface area (Å²) in [4.78, 5) is 29.7. The molecule has 112 valence electrons. The molecule has 1 amide bonds. The van der Waals surface area contributed by atoms with E-state index in [-0.39, 0.29) is 10.9 Å². The Hall–Kier alpha value is -2.08. The Balaban J connectivity index is 1.82. The summed E-state index contributed by atoms with van der Waals surface area (Å²) in [5, 5.41) is 2.80. The van der Waals surface area contributed by atoms with Gasteiger partial charge >= 0.3 is 0 Å². The van der Waals surface area contributed by atoms with Crippen LogP contribution in [0.5, 0.6) is 0 Å². The first kappa shape index (κ1) is 15.3. The second kappa shape index (κ2) is 7.08. The Bertz CT molecular complexity index is 678. The highest BCUT2D eigenvalue weighted by Crippen LogP contribution is 2.04. The molecule has 2 aromatic rings. The topological polar surface area (TPSA) is 79.8 Å². The number of nitrogens with zero attached hydrogens (tertiary/aromatic N) is 2. The summed E-state index contributed by atoms with van der Waals surface area (Å²) in [6.07, 6.45) is 6.75. The molecule has 7 heteroatoms. The molecule has 2 aromatic heterocycles. The van der Waals surface area contributed by atoms with Crippen LogP contribution < -0.4 is 10.9 Å². The molecule has 2 heterocycles. The van der Waals surface area contributed by atoms with Crippen LogP contribution >= 0.6 is 11.6 Å². The number of aromatic nitrogens is 3. The zero-order chi connectivity index (χ0) is 15.2. The fraction of sp³-hybridized carbons (Fsp3) is 0.357. The predicted octanol–water partition coefficient (Wildman–Crippen LogP) is 1.61. The second-order valence-electron chi connectivity index (χ2n) is 4.57. The molecular formula is C14H17ClN4O2. The van der Waals surface area contributed by atoms with E-state index in [1.165, 1.54) is 12.3 Å². The molecule has 2 rings (SSSR count). The fourth-order valence-electron chi connectivity index (χ4n) is 2.00. The molecule has 0 bridgehead atoms. The van der Waals surface area contributed by atoms with Crippen LogP contribution in [0.2, 0.25) is 5.02 Å². The van der Waals surface area contributed by atoms with Crippen LogP contribution in [0.3, 0.4) is 0 Å². The number of rotatable bonds is 6. The van der Waals surface area contributed by atoms with Crippen LogP contribution in [-0.2, 0) is 13.0 Å². The number of carbonyl (C=O) groups is 1. The van der Waals surface area contributed by atoms with Crippen LogP contribution in [0.15, 0.2) is 29.5 Å². The van der Waals surface area contributed by atoms with Gasteiger partial charge in [0.15, 0.2) is 0 Å². The molecule has 0 aliphatic carbocycles. The van der Waals surface area contributed by atoms with Gasteiger partial charge in [-0.15, -0.1) is 0 Å². The van der Waals surface area contributed by atoms with Crippen molar-refractivity contribution in [2.75, 3.05) is 6.54 Å². The van der Waals surface area contributed by atoms with E-state index >= 15 is 0 Å². The zero-order valence-electron chi connectivity index (χ0n) is 11.7. The Morgan fingerprint density at radius 2 is 2.33 bits per heavy atom. The van der Waals surface area contributed by atoms with Crippen molar-refractivity contribution < 1.29 is 4.79 Å². The van der Waals surface area contributed by atoms with Gasteiger partial charge in [-0.2, -0.15) is 0 Å². The van der Waals surface area contributed by atoms with Gasteiger partial charge in [0.2, 0.25) is 0 Å². The van der Waals surface area contributed by atoms with Crippen LogP contribution in [0.25, 0.3) is 0 Å². The van der Waals surface area contributed by atoms with Crippen molar-refractivity contribution in [3.8, 4) is 0 Å². The minimum absolute atomic E-state index is 0.00801. The molecule has 0 saturated heterocycles. The number of aromatic amines is 1. The summed E-state index contributed by atoms with van der Waals surface area (Å²) in [6, 6.07) is 1.36. The summed E-state index contributed by atoms with van der Waals surface area (Å²) in [6.45, 7) is 3.40. The van der Waals surface area contributed by atoms with Gasteiger partial charge in [-0.3, -0.25) is 9.59 Å². The quantitative estimate of drug-likeness (QED) is 0.796. The smallest absolute Gasteiger partial charge is 0.266 e. The van der Waals surface area contributed by atoms with E-state index in [1.54, 1.807) is 6.20 Å². The van der Waals surface area contributed by atoms with Gasteiger partial charge in [0.05, 0.1) is 5.56 Å². The summed E-state index contributed by atoms with van der Waals surface area (Å²) in [7, 11) is 0. The van der Waals surface area contributed by atoms with Crippen LogP contribution in [-0.4, -0.2) is 27.0 Å². The molecule has 0 fully saturated rings. The lowest BCUT2D eigenvalue weighted by Gasteiger charge is -2.08. The maximum Gasteiger partial charge on any atom is 0.266 e. The van der Waals surface area contributed by atoms with Gasteiger partial charge in [0, 0.05) is 38.1 Å². The maximum absolute atomic E-state index is 11.9. The molecule has 6 nitrogen and oxygen atoms in total. The molecule has 0 aromatic carbocycles. The Kier molecular flexibility index (Phi) is 5.16. The normalized spacial score (nSPS) is 10.6. The number of imidazole rings is 1. The third-order valence-corrected chi connectivity index (χ3v) is 3.38. The average molecular weight is 309 g/mol. The number of halogens is 1. The lowest BCUT2D eigenvalue weighted by molar-refractivity contribution is 0.0952. The van der Waals surface area contributed by atoms with Crippen molar-refractivity contribution in [2.24, 2.45) is 0 Å². The van der Waals surface area contributed by atoms with Crippen molar-refractivity contribution in [1.82, 2.24) is 19.9 Å². The highest BCUT2D eigenvalue weighted by molar-refractivity contribution is 6.30. The third kappa shape index (κ3) is 3.95. The first-order valence-corrected chi connectivity index (χ1v) is 7.16. The summed E-state index contributed by atoms with van der Waals surface area (Å²) < 4.78 is 2.07. The molecule has 0 atom stereocenters. The molecule has 0 radical (unpaired) electrons. The highest BCUT2D eigenvalue weighted by atomic mass is 35.5. The van der Waals surface area contributed by atoms with Gasteiger partial charge in [0.25, 0.3) is 11.5 Å². The number of amides is 1. The molecule has 0 unspecified atom stereocenters. The molecule has 0 aliphatic rings. The molecule has 0 spiro atoms. The van der Waals surface area contributed by atoms with E-state index in [4.69, 9.17) is 11.6 Å². The van der Waals surface area contributed by atoms with E-state index in [0.29, 0.717) is 12.1 Å². The standard InChI is InChI=1S/C14H17ClN4O2/c1-2-12-16-5-7-19(12)6-3-4-17-13(20)10-8-11(15)14(21)18-9-10/h5,7-9H,2-4,6H2,1H3,(H,17,20)(H,18,21). The number of nitrogens with one attached hydrogen (secondary N) is 2. The van der Waals surface area contributed by atoms with Crippen molar-refractivity contribution >= 4 is 17.5 Å². The lowest BCUT2D eigenvalue weighted by atomic mass is 10.2. The third-order valence-electron chi connectivity index (χ3n) is 3.10. The molecule has 21 heavy (non-hydrogen) atoms. The maximum atomic E-state index is 11.9. The second-order valence-corrected chi connectivity index (χ2v) is 4.97. The SMILES string of the molecule is CCc1nccn1CCCNC(=O)c1c[nH]c(=O)c(Cl)c1. The number of aryl methyl sites for hydroxylation is 2. The number of pyridine rings is 1. The first-order chi connectivity index (χ1) is 10.1. The number of hydrogen-bond acceptors (Lipinski definition) is 3. The fourth-order valence-corrected chi connectivity index (χ4v) is 2.17. The molecule has 2 N–H and O–H groups in total. The zero-order valence-corrected chi connectivity index (χ0v) is 12.5. The number of H-pyrrole nitrogens is 1. The summed E-state index contributed by atoms with van der Waals surface area (Å²) in [5.74, 6) is 0.781. The summed E-state index contributed by atoms with van der Waals surface area (Å²) >= 11 is 5.69. The molecule has 0 aliphatic heterocycles. The lowest BCUT2D eigenvalue weighted by Crippen LogP contribution is -2.26. The number of carbonyl (C=O) groups excluding carboxylic acids is 1. The van der Waals surface area contributed by atoms with Crippen molar-refractivity contribution in [2.45, 2.75) is 26.3 Å². The van der Waals surface area contributed by atoms with Gasteiger partial charge < -0.3 is 14.9 Å². The van der Waals surface area contributed by atoms with Gasteiger partial charge in [0.1, 0.15) is 10.8 Å². The minimum Gasteiger partial charge on any atom is -0.352 e. The van der Waals surface area contributed by atoms with Gasteiger partial charge in [-0.05, 0) is 12.5 Å². The Labute approximate surface area is 127 Å². The van der Waals surface area contributed by atoms with E-state index < -0.39 is 5.56 Å². The van der Waals surface area contributed by atoms with Crippen LogP contribution in [0.1, 0.15) is 29.5 Å². The highest BCUT2D eigenvalue weighted by Gasteiger charge is 2.07. The van der Waals surface area contributed by atoms with Crippen molar-refractivity contribution in [3.05, 3.63) is 51.4 Å². The Morgan fingerprint density at radius 1 is 1.52 bits per heavy atom. The molecular weight excluding hydrogens is 292 g/mol. The first-order valence-electron chi connectivity index (χ1n) is 6.78. The van der Waals surface area contributed by atoms with E-state index in [2.05, 4.69) is 26.8 Å². The van der Waals surface area contributed by atoms with Gasteiger partial charge in [-0.1, -0.05) is 18.5 Å². The van der Waals surface area contributed by atoms with E-state index in [9.17, 15) is 9.59 Å². The van der Waals surface area contributed by atoms with Gasteiger partial charge in [-0.25, -0.2) is 4.98 Å². The van der Waals surface area contributed by atoms with Crippen LogP contribution in [0.4, 0.5) is 0 Å². The Morgan fingerprint density at radius 3 is 3.05 bits per heavy atom. The molecule has 0 saturated carbocycles. The largest absolute Gasteiger partial charge is 0.352 e.